The molecule has 0 bridgehead atoms. The minimum atomic E-state index is -0.479. The van der Waals surface area contributed by atoms with Gasteiger partial charge in [-0.2, -0.15) is 0 Å². The van der Waals surface area contributed by atoms with Gasteiger partial charge in [-0.1, -0.05) is 23.7 Å². The first kappa shape index (κ1) is 16.2. The van der Waals surface area contributed by atoms with Gasteiger partial charge in [-0.25, -0.2) is 0 Å². The van der Waals surface area contributed by atoms with Crippen LogP contribution in [-0.2, 0) is 15.0 Å². The molecule has 4 nitrogen and oxygen atoms in total. The molecular weight excluding hydrogens is 302 g/mol. The number of aliphatic hydroxyl groups is 1. The van der Waals surface area contributed by atoms with Crippen molar-refractivity contribution >= 4 is 11.6 Å². The minimum absolute atomic E-state index is 0.0181. The molecule has 0 radical (unpaired) electrons. The largest absolute Gasteiger partial charge is 0.389 e. The van der Waals surface area contributed by atoms with Crippen LogP contribution in [0.25, 0.3) is 0 Å². The molecule has 1 aromatic carbocycles. The molecule has 0 aromatic heterocycles. The summed E-state index contributed by atoms with van der Waals surface area (Å²) in [4.78, 5) is 0. The Balaban J connectivity index is 1.42. The van der Waals surface area contributed by atoms with E-state index in [1.165, 1.54) is 5.56 Å². The fourth-order valence-electron chi connectivity index (χ4n) is 2.92. The number of hydrogen-bond donors (Lipinski definition) is 2. The van der Waals surface area contributed by atoms with Crippen LogP contribution in [-0.4, -0.2) is 43.7 Å². The third-order valence-electron chi connectivity index (χ3n) is 4.52. The Morgan fingerprint density at radius 3 is 2.59 bits per heavy atom. The summed E-state index contributed by atoms with van der Waals surface area (Å²) in [6, 6.07) is 7.97. The molecule has 2 N–H and O–H groups in total. The molecular formula is C17H24ClNO3. The van der Waals surface area contributed by atoms with Crippen molar-refractivity contribution in [3.05, 3.63) is 34.9 Å². The van der Waals surface area contributed by atoms with E-state index in [-0.39, 0.29) is 11.6 Å². The lowest BCUT2D eigenvalue weighted by molar-refractivity contribution is -0.0590. The lowest BCUT2D eigenvalue weighted by Gasteiger charge is -2.25. The number of aliphatic hydroxyl groups excluding tert-OH is 1. The molecule has 1 aromatic rings. The van der Waals surface area contributed by atoms with Crippen molar-refractivity contribution in [2.24, 2.45) is 0 Å². The average molecular weight is 326 g/mol. The zero-order chi connectivity index (χ0) is 15.4. The van der Waals surface area contributed by atoms with Crippen LogP contribution in [0.2, 0.25) is 5.02 Å². The first-order valence-electron chi connectivity index (χ1n) is 8.06. The van der Waals surface area contributed by atoms with Crippen molar-refractivity contribution in [3.63, 3.8) is 0 Å². The smallest absolute Gasteiger partial charge is 0.0898 e. The van der Waals surface area contributed by atoms with Crippen molar-refractivity contribution in [2.45, 2.75) is 43.4 Å². The molecule has 1 unspecified atom stereocenters. The van der Waals surface area contributed by atoms with Crippen LogP contribution in [0.1, 0.15) is 31.2 Å². The third kappa shape index (κ3) is 4.21. The molecule has 1 aliphatic carbocycles. The van der Waals surface area contributed by atoms with Gasteiger partial charge in [-0.15, -0.1) is 0 Å². The lowest BCUT2D eigenvalue weighted by atomic mass is 10.0. The van der Waals surface area contributed by atoms with Crippen molar-refractivity contribution in [3.8, 4) is 0 Å². The van der Waals surface area contributed by atoms with Gasteiger partial charge in [0.25, 0.3) is 0 Å². The number of hydrogen-bond acceptors (Lipinski definition) is 4. The molecule has 0 spiro atoms. The van der Waals surface area contributed by atoms with E-state index in [2.05, 4.69) is 17.4 Å². The van der Waals surface area contributed by atoms with Crippen molar-refractivity contribution in [1.82, 2.24) is 5.32 Å². The van der Waals surface area contributed by atoms with Gasteiger partial charge in [0.15, 0.2) is 0 Å². The van der Waals surface area contributed by atoms with Gasteiger partial charge < -0.3 is 19.9 Å². The first-order chi connectivity index (χ1) is 10.7. The van der Waals surface area contributed by atoms with Crippen molar-refractivity contribution in [1.29, 1.82) is 0 Å². The number of rotatable bonds is 7. The Kier molecular flexibility index (Phi) is 5.37. The van der Waals surface area contributed by atoms with Gasteiger partial charge in [0.2, 0.25) is 0 Å². The summed E-state index contributed by atoms with van der Waals surface area (Å²) >= 11 is 5.94. The maximum Gasteiger partial charge on any atom is 0.0898 e. The normalized spacial score (nSPS) is 22.5. The second-order valence-corrected chi connectivity index (χ2v) is 6.71. The highest BCUT2D eigenvalue weighted by atomic mass is 35.5. The highest BCUT2D eigenvalue weighted by molar-refractivity contribution is 6.30. The first-order valence-corrected chi connectivity index (χ1v) is 8.44. The van der Waals surface area contributed by atoms with Gasteiger partial charge in [0.1, 0.15) is 0 Å². The van der Waals surface area contributed by atoms with Crippen LogP contribution < -0.4 is 5.32 Å². The Morgan fingerprint density at radius 1 is 1.27 bits per heavy atom. The second-order valence-electron chi connectivity index (χ2n) is 6.27. The maximum atomic E-state index is 10.1. The van der Waals surface area contributed by atoms with Gasteiger partial charge in [0.05, 0.1) is 18.8 Å². The molecule has 5 heteroatoms. The summed E-state index contributed by atoms with van der Waals surface area (Å²) in [6.45, 7) is 2.46. The zero-order valence-electron chi connectivity index (χ0n) is 12.8. The third-order valence-corrected chi connectivity index (χ3v) is 4.77. The quantitative estimate of drug-likeness (QED) is 0.808. The molecule has 1 heterocycles. The Labute approximate surface area is 136 Å². The van der Waals surface area contributed by atoms with E-state index >= 15 is 0 Å². The highest BCUT2D eigenvalue weighted by Gasteiger charge is 2.43. The van der Waals surface area contributed by atoms with Crippen LogP contribution in [0.4, 0.5) is 0 Å². The Hall–Kier alpha value is -0.650. The highest BCUT2D eigenvalue weighted by Crippen LogP contribution is 2.45. The van der Waals surface area contributed by atoms with Crippen LogP contribution >= 0.6 is 11.6 Å². The van der Waals surface area contributed by atoms with E-state index in [1.54, 1.807) is 0 Å². The molecule has 2 fully saturated rings. The predicted octanol–water partition coefficient (Wildman–Crippen LogP) is 2.48. The average Bonchev–Trinajstić information content (AvgIpc) is 3.34. The molecule has 3 rings (SSSR count). The fraction of sp³-hybridized carbons (Fsp3) is 0.647. The zero-order valence-corrected chi connectivity index (χ0v) is 13.5. The molecule has 0 amide bonds. The van der Waals surface area contributed by atoms with Gasteiger partial charge in [-0.3, -0.25) is 0 Å². The second kappa shape index (κ2) is 7.28. The van der Waals surface area contributed by atoms with E-state index in [1.807, 2.05) is 12.1 Å². The molecule has 1 saturated carbocycles. The summed E-state index contributed by atoms with van der Waals surface area (Å²) in [7, 11) is 0. The van der Waals surface area contributed by atoms with Gasteiger partial charge in [-0.05, 0) is 43.4 Å². The van der Waals surface area contributed by atoms with Crippen molar-refractivity contribution < 1.29 is 14.6 Å². The van der Waals surface area contributed by atoms with E-state index in [4.69, 9.17) is 21.1 Å². The van der Waals surface area contributed by atoms with E-state index in [9.17, 15) is 5.11 Å². The summed E-state index contributed by atoms with van der Waals surface area (Å²) in [5.41, 5.74) is 1.26. The SMILES string of the molecule is OC(CNC1(c2ccc(Cl)cc2)CC1)COC1CCOCC1. The number of nitrogens with one attached hydrogen (secondary N) is 1. The molecule has 22 heavy (non-hydrogen) atoms. The maximum absolute atomic E-state index is 10.1. The van der Waals surface area contributed by atoms with Crippen LogP contribution in [0, 0.1) is 0 Å². The molecule has 1 saturated heterocycles. The number of halogens is 1. The molecule has 1 atom stereocenters. The van der Waals surface area contributed by atoms with E-state index in [0.717, 1.165) is 43.9 Å². The standard InChI is InChI=1S/C17H24ClNO3/c18-14-3-1-13(2-4-14)17(7-8-17)19-11-15(20)12-22-16-5-9-21-10-6-16/h1-4,15-16,19-20H,5-12H2. The Bertz CT molecular complexity index is 469. The molecule has 2 aliphatic rings. The van der Waals surface area contributed by atoms with Crippen LogP contribution in [0.3, 0.4) is 0 Å². The van der Waals surface area contributed by atoms with Crippen LogP contribution in [0.5, 0.6) is 0 Å². The molecule has 122 valence electrons. The van der Waals surface area contributed by atoms with Gasteiger partial charge >= 0.3 is 0 Å². The summed E-state index contributed by atoms with van der Waals surface area (Å²) in [6.07, 6.45) is 3.80. The number of ether oxygens (including phenoxy) is 2. The fourth-order valence-corrected chi connectivity index (χ4v) is 3.05. The van der Waals surface area contributed by atoms with Gasteiger partial charge in [0, 0.05) is 30.3 Å². The summed E-state index contributed by atoms with van der Waals surface area (Å²) < 4.78 is 11.1. The minimum Gasteiger partial charge on any atom is -0.389 e. The number of benzene rings is 1. The predicted molar refractivity (Wildman–Crippen MR) is 86.2 cm³/mol. The van der Waals surface area contributed by atoms with Crippen molar-refractivity contribution in [2.75, 3.05) is 26.4 Å². The van der Waals surface area contributed by atoms with E-state index in [0.29, 0.717) is 13.2 Å². The topological polar surface area (TPSA) is 50.7 Å². The Morgan fingerprint density at radius 2 is 1.95 bits per heavy atom. The molecule has 1 aliphatic heterocycles. The summed E-state index contributed by atoms with van der Waals surface area (Å²) in [5.74, 6) is 0. The summed E-state index contributed by atoms with van der Waals surface area (Å²) in [5, 5.41) is 14.4. The van der Waals surface area contributed by atoms with E-state index < -0.39 is 6.10 Å². The monoisotopic (exact) mass is 325 g/mol. The van der Waals surface area contributed by atoms with Crippen LogP contribution in [0.15, 0.2) is 24.3 Å². The lowest BCUT2D eigenvalue weighted by Crippen LogP contribution is -2.38.